The molecule has 3 aromatic carbocycles. The van der Waals surface area contributed by atoms with Crippen LogP contribution in [0.25, 0.3) is 11.1 Å². The topological polar surface area (TPSA) is 75.3 Å². The number of amides is 1. The summed E-state index contributed by atoms with van der Waals surface area (Å²) < 4.78 is 27.4. The fourth-order valence-electron chi connectivity index (χ4n) is 2.79. The molecule has 0 bridgehead atoms. The molecule has 0 aliphatic rings. The van der Waals surface area contributed by atoms with Gasteiger partial charge < -0.3 is 5.32 Å². The van der Waals surface area contributed by atoms with Crippen molar-refractivity contribution in [2.24, 2.45) is 0 Å². The maximum absolute atomic E-state index is 12.5. The first-order chi connectivity index (χ1) is 14.2. The molecule has 0 radical (unpaired) electrons. The molecule has 1 amide bonds. The van der Waals surface area contributed by atoms with Crippen molar-refractivity contribution in [2.75, 3.05) is 5.32 Å². The summed E-state index contributed by atoms with van der Waals surface area (Å²) in [4.78, 5) is 12.4. The van der Waals surface area contributed by atoms with Gasteiger partial charge in [-0.25, -0.2) is 8.42 Å². The van der Waals surface area contributed by atoms with Gasteiger partial charge in [0.25, 0.3) is 5.91 Å². The lowest BCUT2D eigenvalue weighted by Crippen LogP contribution is -2.41. The summed E-state index contributed by atoms with van der Waals surface area (Å²) in [7, 11) is -3.72. The Morgan fingerprint density at radius 1 is 0.867 bits per heavy atom. The predicted molar refractivity (Wildman–Crippen MR) is 120 cm³/mol. The minimum Gasteiger partial charge on any atom is -0.322 e. The van der Waals surface area contributed by atoms with Crippen molar-refractivity contribution in [2.45, 2.75) is 24.3 Å². The van der Waals surface area contributed by atoms with E-state index in [-0.39, 0.29) is 10.8 Å². The summed E-state index contributed by atoms with van der Waals surface area (Å²) in [6, 6.07) is 22.8. The van der Waals surface area contributed by atoms with E-state index in [1.165, 1.54) is 12.1 Å². The number of benzene rings is 3. The van der Waals surface area contributed by atoms with Gasteiger partial charge in [0, 0.05) is 11.3 Å². The SMILES string of the molecule is C#CC(C)(C)NS(=O)(=O)c1ccc(-c2ccc(NC(=O)c3ccccc3)cc2)cc1. The highest BCUT2D eigenvalue weighted by molar-refractivity contribution is 7.89. The first-order valence-electron chi connectivity index (χ1n) is 9.29. The molecular weight excluding hydrogens is 396 g/mol. The Hall–Kier alpha value is -3.40. The zero-order chi connectivity index (χ0) is 21.8. The third kappa shape index (κ3) is 5.15. The third-order valence-electron chi connectivity index (χ3n) is 4.43. The van der Waals surface area contributed by atoms with E-state index < -0.39 is 15.6 Å². The normalized spacial score (nSPS) is 11.5. The Morgan fingerprint density at radius 3 is 1.93 bits per heavy atom. The van der Waals surface area contributed by atoms with Gasteiger partial charge in [0.2, 0.25) is 10.0 Å². The smallest absolute Gasteiger partial charge is 0.255 e. The number of nitrogens with one attached hydrogen (secondary N) is 2. The van der Waals surface area contributed by atoms with E-state index in [2.05, 4.69) is 16.0 Å². The summed E-state index contributed by atoms with van der Waals surface area (Å²) in [5.74, 6) is 2.23. The molecule has 5 nitrogen and oxygen atoms in total. The van der Waals surface area contributed by atoms with Crippen LogP contribution in [-0.2, 0) is 10.0 Å². The number of hydrogen-bond acceptors (Lipinski definition) is 3. The summed E-state index contributed by atoms with van der Waals surface area (Å²) in [5.41, 5.74) is 2.03. The van der Waals surface area contributed by atoms with Gasteiger partial charge in [0.15, 0.2) is 0 Å². The molecule has 0 aromatic heterocycles. The van der Waals surface area contributed by atoms with E-state index in [1.807, 2.05) is 30.3 Å². The van der Waals surface area contributed by atoms with Crippen LogP contribution >= 0.6 is 0 Å². The first-order valence-corrected chi connectivity index (χ1v) is 10.8. The maximum Gasteiger partial charge on any atom is 0.255 e. The van der Waals surface area contributed by atoms with E-state index >= 15 is 0 Å². The Labute approximate surface area is 177 Å². The fraction of sp³-hybridized carbons (Fsp3) is 0.125. The van der Waals surface area contributed by atoms with Crippen molar-refractivity contribution < 1.29 is 13.2 Å². The quantitative estimate of drug-likeness (QED) is 0.586. The predicted octanol–water partition coefficient (Wildman–Crippen LogP) is 4.30. The van der Waals surface area contributed by atoms with E-state index in [1.54, 1.807) is 50.2 Å². The van der Waals surface area contributed by atoms with E-state index in [0.29, 0.717) is 11.3 Å². The van der Waals surface area contributed by atoms with Crippen LogP contribution in [0.2, 0.25) is 0 Å². The molecule has 30 heavy (non-hydrogen) atoms. The van der Waals surface area contributed by atoms with Gasteiger partial charge >= 0.3 is 0 Å². The maximum atomic E-state index is 12.5. The highest BCUT2D eigenvalue weighted by Gasteiger charge is 2.24. The monoisotopic (exact) mass is 418 g/mol. The molecule has 0 heterocycles. The van der Waals surface area contributed by atoms with Crippen LogP contribution < -0.4 is 10.0 Å². The van der Waals surface area contributed by atoms with Crippen molar-refractivity contribution in [3.63, 3.8) is 0 Å². The Balaban J connectivity index is 1.73. The number of sulfonamides is 1. The molecule has 0 saturated heterocycles. The van der Waals surface area contributed by atoms with Crippen molar-refractivity contribution in [3.05, 3.63) is 84.4 Å². The fourth-order valence-corrected chi connectivity index (χ4v) is 4.13. The second-order valence-electron chi connectivity index (χ2n) is 7.30. The molecule has 152 valence electrons. The number of anilines is 1. The van der Waals surface area contributed by atoms with Crippen LogP contribution in [0.3, 0.4) is 0 Å². The van der Waals surface area contributed by atoms with Crippen LogP contribution in [0.4, 0.5) is 5.69 Å². The lowest BCUT2D eigenvalue weighted by molar-refractivity contribution is 0.102. The van der Waals surface area contributed by atoms with Crippen LogP contribution in [0.1, 0.15) is 24.2 Å². The minimum atomic E-state index is -3.72. The summed E-state index contributed by atoms with van der Waals surface area (Å²) in [6.45, 7) is 3.24. The molecule has 3 aromatic rings. The molecule has 0 aliphatic heterocycles. The minimum absolute atomic E-state index is 0.140. The molecule has 0 saturated carbocycles. The number of hydrogen-bond donors (Lipinski definition) is 2. The summed E-state index contributed by atoms with van der Waals surface area (Å²) >= 11 is 0. The molecule has 6 heteroatoms. The zero-order valence-corrected chi connectivity index (χ0v) is 17.5. The molecular formula is C24H22N2O3S. The average molecular weight is 419 g/mol. The molecule has 2 N–H and O–H groups in total. The van der Waals surface area contributed by atoms with Crippen molar-refractivity contribution in [1.82, 2.24) is 4.72 Å². The Bertz CT molecular complexity index is 1180. The van der Waals surface area contributed by atoms with Crippen molar-refractivity contribution in [1.29, 1.82) is 0 Å². The number of carbonyl (C=O) groups is 1. The third-order valence-corrected chi connectivity index (χ3v) is 6.10. The molecule has 0 aliphatic carbocycles. The van der Waals surface area contributed by atoms with Gasteiger partial charge in [-0.15, -0.1) is 6.42 Å². The van der Waals surface area contributed by atoms with Crippen LogP contribution in [0, 0.1) is 12.3 Å². The highest BCUT2D eigenvalue weighted by Crippen LogP contribution is 2.24. The van der Waals surface area contributed by atoms with Gasteiger partial charge in [0.05, 0.1) is 10.4 Å². The molecule has 0 spiro atoms. The van der Waals surface area contributed by atoms with E-state index in [0.717, 1.165) is 11.1 Å². The Kier molecular flexibility index (Phi) is 6.06. The van der Waals surface area contributed by atoms with Gasteiger partial charge in [-0.2, -0.15) is 4.72 Å². The second kappa shape index (κ2) is 8.54. The van der Waals surface area contributed by atoms with Crippen LogP contribution in [-0.4, -0.2) is 19.9 Å². The molecule has 0 fully saturated rings. The van der Waals surface area contributed by atoms with Gasteiger partial charge in [0.1, 0.15) is 0 Å². The van der Waals surface area contributed by atoms with E-state index in [4.69, 9.17) is 6.42 Å². The largest absolute Gasteiger partial charge is 0.322 e. The second-order valence-corrected chi connectivity index (χ2v) is 8.98. The van der Waals surface area contributed by atoms with Crippen LogP contribution in [0.5, 0.6) is 0 Å². The van der Waals surface area contributed by atoms with Gasteiger partial charge in [-0.3, -0.25) is 4.79 Å². The van der Waals surface area contributed by atoms with Gasteiger partial charge in [-0.1, -0.05) is 48.4 Å². The average Bonchev–Trinajstić information content (AvgIpc) is 2.74. The standard InChI is InChI=1S/C24H22N2O3S/c1-4-24(2,3)26-30(28,29)22-16-12-19(13-17-22)18-10-14-21(15-11-18)25-23(27)20-8-6-5-7-9-20/h1,5-17,26H,2-3H3,(H,25,27). The van der Waals surface area contributed by atoms with Gasteiger partial charge in [-0.05, 0) is 61.4 Å². The van der Waals surface area contributed by atoms with E-state index in [9.17, 15) is 13.2 Å². The van der Waals surface area contributed by atoms with Crippen LogP contribution in [0.15, 0.2) is 83.8 Å². The van der Waals surface area contributed by atoms with Crippen molar-refractivity contribution >= 4 is 21.6 Å². The number of carbonyl (C=O) groups excluding carboxylic acids is 1. The molecule has 0 atom stereocenters. The number of terminal acetylenes is 1. The number of rotatable bonds is 6. The first kappa shape index (κ1) is 21.3. The zero-order valence-electron chi connectivity index (χ0n) is 16.7. The highest BCUT2D eigenvalue weighted by atomic mass is 32.2. The summed E-state index contributed by atoms with van der Waals surface area (Å²) in [6.07, 6.45) is 5.36. The lowest BCUT2D eigenvalue weighted by Gasteiger charge is -2.19. The lowest BCUT2D eigenvalue weighted by atomic mass is 10.1. The van der Waals surface area contributed by atoms with Crippen molar-refractivity contribution in [3.8, 4) is 23.5 Å². The summed E-state index contributed by atoms with van der Waals surface area (Å²) in [5, 5.41) is 2.85. The molecule has 0 unspecified atom stereocenters. The Morgan fingerprint density at radius 2 is 1.40 bits per heavy atom. The molecule has 3 rings (SSSR count).